The SMILES string of the molecule is O[C@H]1CCC[C@@H]1[C@@H]1c2ccccc2-c2cncn21. The summed E-state index contributed by atoms with van der Waals surface area (Å²) in [6.07, 6.45) is 6.85. The van der Waals surface area contributed by atoms with E-state index in [0.717, 1.165) is 19.3 Å². The lowest BCUT2D eigenvalue weighted by molar-refractivity contribution is 0.112. The van der Waals surface area contributed by atoms with E-state index in [9.17, 15) is 5.11 Å². The first-order valence-electron chi connectivity index (χ1n) is 6.65. The number of benzene rings is 1. The molecule has 0 spiro atoms. The average molecular weight is 240 g/mol. The summed E-state index contributed by atoms with van der Waals surface area (Å²) < 4.78 is 2.24. The van der Waals surface area contributed by atoms with Crippen molar-refractivity contribution in [3.05, 3.63) is 42.4 Å². The Labute approximate surface area is 106 Å². The van der Waals surface area contributed by atoms with Crippen LogP contribution < -0.4 is 0 Å². The zero-order valence-corrected chi connectivity index (χ0v) is 10.2. The molecule has 0 saturated heterocycles. The van der Waals surface area contributed by atoms with Crippen LogP contribution >= 0.6 is 0 Å². The number of imidazole rings is 1. The van der Waals surface area contributed by atoms with Gasteiger partial charge in [-0.15, -0.1) is 0 Å². The van der Waals surface area contributed by atoms with Crippen molar-refractivity contribution in [1.29, 1.82) is 0 Å². The highest BCUT2D eigenvalue weighted by molar-refractivity contribution is 5.69. The van der Waals surface area contributed by atoms with E-state index in [4.69, 9.17) is 0 Å². The summed E-state index contributed by atoms with van der Waals surface area (Å²) in [6, 6.07) is 8.79. The number of aromatic nitrogens is 2. The second-order valence-corrected chi connectivity index (χ2v) is 5.38. The second-order valence-electron chi connectivity index (χ2n) is 5.38. The molecule has 1 fully saturated rings. The summed E-state index contributed by atoms with van der Waals surface area (Å²) in [7, 11) is 0. The van der Waals surface area contributed by atoms with E-state index >= 15 is 0 Å². The number of rotatable bonds is 1. The molecule has 1 aromatic heterocycles. The van der Waals surface area contributed by atoms with Crippen molar-refractivity contribution in [3.8, 4) is 11.3 Å². The topological polar surface area (TPSA) is 38.1 Å². The summed E-state index contributed by atoms with van der Waals surface area (Å²) in [6.45, 7) is 0. The van der Waals surface area contributed by atoms with Gasteiger partial charge in [0.25, 0.3) is 0 Å². The van der Waals surface area contributed by atoms with Crippen LogP contribution in [0.4, 0.5) is 0 Å². The van der Waals surface area contributed by atoms with E-state index in [1.165, 1.54) is 16.8 Å². The largest absolute Gasteiger partial charge is 0.393 e. The quantitative estimate of drug-likeness (QED) is 0.832. The van der Waals surface area contributed by atoms with Crippen LogP contribution in [0.3, 0.4) is 0 Å². The van der Waals surface area contributed by atoms with E-state index in [2.05, 4.69) is 33.8 Å². The van der Waals surface area contributed by atoms with Gasteiger partial charge in [0.1, 0.15) is 0 Å². The van der Waals surface area contributed by atoms with Gasteiger partial charge in [0, 0.05) is 11.5 Å². The molecular weight excluding hydrogens is 224 g/mol. The van der Waals surface area contributed by atoms with Crippen molar-refractivity contribution in [3.63, 3.8) is 0 Å². The number of hydrogen-bond acceptors (Lipinski definition) is 2. The maximum absolute atomic E-state index is 10.2. The minimum absolute atomic E-state index is 0.170. The van der Waals surface area contributed by atoms with E-state index in [1.54, 1.807) is 0 Å². The van der Waals surface area contributed by atoms with Crippen molar-refractivity contribution in [1.82, 2.24) is 9.55 Å². The van der Waals surface area contributed by atoms with Gasteiger partial charge in [-0.2, -0.15) is 0 Å². The maximum Gasteiger partial charge on any atom is 0.0956 e. The molecule has 1 aliphatic heterocycles. The van der Waals surface area contributed by atoms with Crippen LogP contribution in [-0.4, -0.2) is 20.8 Å². The Balaban J connectivity index is 1.89. The number of aliphatic hydroxyl groups excluding tert-OH is 1. The first kappa shape index (κ1) is 10.3. The molecule has 2 aliphatic rings. The molecule has 1 N–H and O–H groups in total. The highest BCUT2D eigenvalue weighted by Gasteiger charge is 2.39. The summed E-state index contributed by atoms with van der Waals surface area (Å²) in [5.41, 5.74) is 3.81. The maximum atomic E-state index is 10.2. The summed E-state index contributed by atoms with van der Waals surface area (Å²) >= 11 is 0. The fraction of sp³-hybridized carbons (Fsp3) is 0.400. The molecule has 0 unspecified atom stereocenters. The van der Waals surface area contributed by atoms with Crippen molar-refractivity contribution in [2.45, 2.75) is 31.4 Å². The Bertz CT molecular complexity index is 590. The molecule has 3 heteroatoms. The normalized spacial score (nSPS) is 29.3. The van der Waals surface area contributed by atoms with E-state index in [0.29, 0.717) is 5.92 Å². The lowest BCUT2D eigenvalue weighted by atomic mass is 9.90. The number of hydrogen-bond donors (Lipinski definition) is 1. The zero-order chi connectivity index (χ0) is 12.1. The fourth-order valence-electron chi connectivity index (χ4n) is 3.65. The highest BCUT2D eigenvalue weighted by Crippen LogP contribution is 2.47. The smallest absolute Gasteiger partial charge is 0.0956 e. The van der Waals surface area contributed by atoms with Crippen molar-refractivity contribution in [2.24, 2.45) is 5.92 Å². The molecule has 92 valence electrons. The monoisotopic (exact) mass is 240 g/mol. The Kier molecular flexibility index (Phi) is 2.12. The lowest BCUT2D eigenvalue weighted by Crippen LogP contribution is -2.24. The van der Waals surface area contributed by atoms with Crippen molar-refractivity contribution in [2.75, 3.05) is 0 Å². The first-order valence-corrected chi connectivity index (χ1v) is 6.65. The van der Waals surface area contributed by atoms with E-state index in [1.807, 2.05) is 12.5 Å². The molecule has 1 aliphatic carbocycles. The van der Waals surface area contributed by atoms with Gasteiger partial charge in [-0.1, -0.05) is 30.7 Å². The van der Waals surface area contributed by atoms with Gasteiger partial charge in [-0.25, -0.2) is 4.98 Å². The third-order valence-corrected chi connectivity index (χ3v) is 4.46. The third kappa shape index (κ3) is 1.25. The summed E-state index contributed by atoms with van der Waals surface area (Å²) in [4.78, 5) is 4.27. The van der Waals surface area contributed by atoms with Crippen LogP contribution in [0.2, 0.25) is 0 Å². The molecule has 0 amide bonds. The van der Waals surface area contributed by atoms with Crippen LogP contribution in [0.15, 0.2) is 36.8 Å². The van der Waals surface area contributed by atoms with Crippen molar-refractivity contribution < 1.29 is 5.11 Å². The predicted octanol–water partition coefficient (Wildman–Crippen LogP) is 2.61. The Morgan fingerprint density at radius 1 is 1.22 bits per heavy atom. The number of nitrogens with zero attached hydrogens (tertiary/aromatic N) is 2. The number of fused-ring (bicyclic) bond motifs is 3. The molecule has 0 radical (unpaired) electrons. The molecule has 18 heavy (non-hydrogen) atoms. The van der Waals surface area contributed by atoms with Gasteiger partial charge in [-0.05, 0) is 18.4 Å². The highest BCUT2D eigenvalue weighted by atomic mass is 16.3. The van der Waals surface area contributed by atoms with Gasteiger partial charge in [-0.3, -0.25) is 0 Å². The van der Waals surface area contributed by atoms with Gasteiger partial charge < -0.3 is 9.67 Å². The molecule has 2 aromatic rings. The number of aliphatic hydroxyl groups is 1. The predicted molar refractivity (Wildman–Crippen MR) is 69.1 cm³/mol. The zero-order valence-electron chi connectivity index (χ0n) is 10.2. The van der Waals surface area contributed by atoms with Gasteiger partial charge in [0.15, 0.2) is 0 Å². The van der Waals surface area contributed by atoms with Crippen LogP contribution in [-0.2, 0) is 0 Å². The van der Waals surface area contributed by atoms with Gasteiger partial charge in [0.05, 0.1) is 30.4 Å². The Hall–Kier alpha value is -1.61. The van der Waals surface area contributed by atoms with Crippen LogP contribution in [0, 0.1) is 5.92 Å². The molecule has 0 bridgehead atoms. The molecule has 3 nitrogen and oxygen atoms in total. The standard InChI is InChI=1S/C15H16N2O/c18-14-7-3-6-12(14)15-11-5-2-1-4-10(11)13-8-16-9-17(13)15/h1-2,4-5,8-9,12,14-15,18H,3,6-7H2/t12-,14-,15-/m0/s1. The Morgan fingerprint density at radius 2 is 2.11 bits per heavy atom. The third-order valence-electron chi connectivity index (χ3n) is 4.46. The fourth-order valence-corrected chi connectivity index (χ4v) is 3.65. The molecular formula is C15H16N2O. The minimum Gasteiger partial charge on any atom is -0.393 e. The van der Waals surface area contributed by atoms with E-state index < -0.39 is 0 Å². The van der Waals surface area contributed by atoms with E-state index in [-0.39, 0.29) is 12.1 Å². The van der Waals surface area contributed by atoms with Gasteiger partial charge in [0.2, 0.25) is 0 Å². The first-order chi connectivity index (χ1) is 8.86. The summed E-state index contributed by atoms with van der Waals surface area (Å²) in [5, 5.41) is 10.2. The average Bonchev–Trinajstić information content (AvgIpc) is 3.05. The summed E-state index contributed by atoms with van der Waals surface area (Å²) in [5.74, 6) is 0.335. The van der Waals surface area contributed by atoms with Crippen LogP contribution in [0.1, 0.15) is 30.9 Å². The lowest BCUT2D eigenvalue weighted by Gasteiger charge is -2.24. The van der Waals surface area contributed by atoms with Gasteiger partial charge >= 0.3 is 0 Å². The van der Waals surface area contributed by atoms with Crippen LogP contribution in [0.25, 0.3) is 11.3 Å². The van der Waals surface area contributed by atoms with Crippen LogP contribution in [0.5, 0.6) is 0 Å². The molecule has 4 rings (SSSR count). The minimum atomic E-state index is -0.170. The van der Waals surface area contributed by atoms with Crippen molar-refractivity contribution >= 4 is 0 Å². The molecule has 1 saturated carbocycles. The second kappa shape index (κ2) is 3.69. The molecule has 3 atom stereocenters. The molecule has 2 heterocycles. The Morgan fingerprint density at radius 3 is 2.94 bits per heavy atom. The molecule has 1 aromatic carbocycles.